The number of hydrogen-bond donors (Lipinski definition) is 2. The number of hydrogen-bond acceptors (Lipinski definition) is 5. The van der Waals surface area contributed by atoms with Crippen LogP contribution in [-0.2, 0) is 6.42 Å². The molecule has 1 aromatic rings. The van der Waals surface area contributed by atoms with Crippen LogP contribution in [0.3, 0.4) is 0 Å². The minimum Gasteiger partial charge on any atom is -0.396 e. The van der Waals surface area contributed by atoms with Crippen LogP contribution in [0.4, 0.5) is 5.82 Å². The Bertz CT molecular complexity index is 417. The van der Waals surface area contributed by atoms with Gasteiger partial charge in [0.15, 0.2) is 0 Å². The molecule has 0 saturated carbocycles. The van der Waals surface area contributed by atoms with Crippen LogP contribution in [0.1, 0.15) is 25.5 Å². The molecule has 0 amide bonds. The average Bonchev–Trinajstić information content (AvgIpc) is 2.81. The predicted molar refractivity (Wildman–Crippen MR) is 75.4 cm³/mol. The smallest absolute Gasteiger partial charge is 0.224 e. The highest BCUT2D eigenvalue weighted by atomic mass is 35.5. The number of aliphatic hydroxyl groups excluding tert-OH is 1. The minimum atomic E-state index is 0.255. The van der Waals surface area contributed by atoms with E-state index < -0.39 is 0 Å². The van der Waals surface area contributed by atoms with Gasteiger partial charge in [-0.1, -0.05) is 6.92 Å². The molecule has 2 rings (SSSR count). The van der Waals surface area contributed by atoms with E-state index >= 15 is 0 Å². The summed E-state index contributed by atoms with van der Waals surface area (Å²) in [6.45, 7) is 3.16. The van der Waals surface area contributed by atoms with E-state index in [0.29, 0.717) is 11.2 Å². The van der Waals surface area contributed by atoms with Crippen molar-refractivity contribution in [3.05, 3.63) is 11.0 Å². The summed E-state index contributed by atoms with van der Waals surface area (Å²) in [7, 11) is 0. The van der Waals surface area contributed by atoms with Crippen LogP contribution in [-0.4, -0.2) is 34.0 Å². The highest BCUT2D eigenvalue weighted by Crippen LogP contribution is 2.35. The average molecular weight is 288 g/mol. The van der Waals surface area contributed by atoms with E-state index in [1.165, 1.54) is 0 Å². The maximum Gasteiger partial charge on any atom is 0.224 e. The molecule has 0 radical (unpaired) electrons. The van der Waals surface area contributed by atoms with Crippen LogP contribution < -0.4 is 5.32 Å². The third-order valence-electron chi connectivity index (χ3n) is 2.97. The first-order chi connectivity index (χ1) is 8.70. The second-order valence-electron chi connectivity index (χ2n) is 4.57. The standard InChI is InChI=1S/C12H18ClN3OS/c1-8(7-17)3-2-5-14-11-10-9(4-6-18-10)15-12(13)16-11/h8,17H,2-7H2,1H3,(H,14,15,16). The van der Waals surface area contributed by atoms with Crippen LogP contribution in [0.2, 0.25) is 5.28 Å². The van der Waals surface area contributed by atoms with Gasteiger partial charge in [0.1, 0.15) is 5.82 Å². The molecule has 4 nitrogen and oxygen atoms in total. The lowest BCUT2D eigenvalue weighted by atomic mass is 10.1. The highest BCUT2D eigenvalue weighted by molar-refractivity contribution is 7.99. The van der Waals surface area contributed by atoms with Crippen molar-refractivity contribution < 1.29 is 5.11 Å². The molecule has 1 unspecified atom stereocenters. The summed E-state index contributed by atoms with van der Waals surface area (Å²) in [5.74, 6) is 2.28. The van der Waals surface area contributed by atoms with Crippen LogP contribution in [0.15, 0.2) is 4.90 Å². The number of aliphatic hydroxyl groups is 1. The van der Waals surface area contributed by atoms with Gasteiger partial charge in [-0.05, 0) is 30.4 Å². The first kappa shape index (κ1) is 13.9. The van der Waals surface area contributed by atoms with Gasteiger partial charge < -0.3 is 10.4 Å². The Morgan fingerprint density at radius 2 is 2.33 bits per heavy atom. The monoisotopic (exact) mass is 287 g/mol. The van der Waals surface area contributed by atoms with Crippen molar-refractivity contribution in [1.29, 1.82) is 0 Å². The van der Waals surface area contributed by atoms with Crippen LogP contribution in [0, 0.1) is 5.92 Å². The highest BCUT2D eigenvalue weighted by Gasteiger charge is 2.19. The zero-order chi connectivity index (χ0) is 13.0. The number of nitrogens with one attached hydrogen (secondary N) is 1. The van der Waals surface area contributed by atoms with Gasteiger partial charge in [-0.3, -0.25) is 0 Å². The fraction of sp³-hybridized carbons (Fsp3) is 0.667. The molecule has 18 heavy (non-hydrogen) atoms. The van der Waals surface area contributed by atoms with E-state index in [9.17, 15) is 0 Å². The molecule has 0 aliphatic carbocycles. The molecule has 0 bridgehead atoms. The lowest BCUT2D eigenvalue weighted by molar-refractivity contribution is 0.229. The molecule has 0 fully saturated rings. The molecule has 2 N–H and O–H groups in total. The van der Waals surface area contributed by atoms with E-state index in [-0.39, 0.29) is 6.61 Å². The van der Waals surface area contributed by atoms with E-state index in [2.05, 4.69) is 22.2 Å². The Kier molecular flexibility index (Phi) is 5.09. The Balaban J connectivity index is 1.90. The van der Waals surface area contributed by atoms with Crippen molar-refractivity contribution in [2.45, 2.75) is 31.1 Å². The summed E-state index contributed by atoms with van der Waals surface area (Å²) in [5, 5.41) is 12.6. The number of aryl methyl sites for hydroxylation is 1. The fourth-order valence-corrected chi connectivity index (χ4v) is 3.16. The van der Waals surface area contributed by atoms with Crippen LogP contribution in [0.25, 0.3) is 0 Å². The van der Waals surface area contributed by atoms with Gasteiger partial charge in [-0.25, -0.2) is 4.98 Å². The molecule has 100 valence electrons. The molecular weight excluding hydrogens is 270 g/mol. The predicted octanol–water partition coefficient (Wildman–Crippen LogP) is 2.60. The maximum absolute atomic E-state index is 8.95. The van der Waals surface area contributed by atoms with Crippen LogP contribution in [0.5, 0.6) is 0 Å². The maximum atomic E-state index is 8.95. The summed E-state index contributed by atoms with van der Waals surface area (Å²) >= 11 is 7.70. The van der Waals surface area contributed by atoms with Gasteiger partial charge in [0.05, 0.1) is 10.6 Å². The van der Waals surface area contributed by atoms with E-state index in [1.807, 2.05) is 0 Å². The molecule has 1 aliphatic heterocycles. The van der Waals surface area contributed by atoms with Gasteiger partial charge in [0.25, 0.3) is 0 Å². The second-order valence-corrected chi connectivity index (χ2v) is 6.02. The van der Waals surface area contributed by atoms with Crippen molar-refractivity contribution in [2.75, 3.05) is 24.2 Å². The van der Waals surface area contributed by atoms with Crippen molar-refractivity contribution in [3.8, 4) is 0 Å². The number of anilines is 1. The van der Waals surface area contributed by atoms with Gasteiger partial charge in [-0.15, -0.1) is 11.8 Å². The Labute approximate surface area is 117 Å². The zero-order valence-electron chi connectivity index (χ0n) is 10.4. The molecule has 0 spiro atoms. The second kappa shape index (κ2) is 6.59. The van der Waals surface area contributed by atoms with Gasteiger partial charge in [0, 0.05) is 25.3 Å². The van der Waals surface area contributed by atoms with Crippen molar-refractivity contribution >= 4 is 29.2 Å². The van der Waals surface area contributed by atoms with E-state index in [0.717, 1.165) is 48.0 Å². The molecule has 0 aromatic carbocycles. The molecule has 6 heteroatoms. The third-order valence-corrected chi connectivity index (χ3v) is 4.27. The quantitative estimate of drug-likeness (QED) is 0.622. The molecule has 1 aromatic heterocycles. The topological polar surface area (TPSA) is 58.0 Å². The summed E-state index contributed by atoms with van der Waals surface area (Å²) in [5.41, 5.74) is 1.06. The van der Waals surface area contributed by atoms with Crippen molar-refractivity contribution in [1.82, 2.24) is 9.97 Å². The largest absolute Gasteiger partial charge is 0.396 e. The van der Waals surface area contributed by atoms with Crippen molar-refractivity contribution in [3.63, 3.8) is 0 Å². The number of rotatable bonds is 6. The summed E-state index contributed by atoms with van der Waals surface area (Å²) in [6, 6.07) is 0. The van der Waals surface area contributed by atoms with Crippen molar-refractivity contribution in [2.24, 2.45) is 5.92 Å². The molecule has 2 heterocycles. The number of fused-ring (bicyclic) bond motifs is 1. The first-order valence-electron chi connectivity index (χ1n) is 6.24. The van der Waals surface area contributed by atoms with Gasteiger partial charge >= 0.3 is 0 Å². The number of aromatic nitrogens is 2. The van der Waals surface area contributed by atoms with Gasteiger partial charge in [-0.2, -0.15) is 4.98 Å². The van der Waals surface area contributed by atoms with E-state index in [1.54, 1.807) is 11.8 Å². The minimum absolute atomic E-state index is 0.255. The van der Waals surface area contributed by atoms with E-state index in [4.69, 9.17) is 16.7 Å². The zero-order valence-corrected chi connectivity index (χ0v) is 12.0. The number of thioether (sulfide) groups is 1. The fourth-order valence-electron chi connectivity index (χ4n) is 1.91. The molecule has 1 aliphatic rings. The summed E-state index contributed by atoms with van der Waals surface area (Å²) < 4.78 is 0. The molecule has 1 atom stereocenters. The Morgan fingerprint density at radius 1 is 1.50 bits per heavy atom. The Morgan fingerprint density at radius 3 is 3.11 bits per heavy atom. The molecular formula is C12H18ClN3OS. The number of halogens is 1. The van der Waals surface area contributed by atoms with Crippen LogP contribution >= 0.6 is 23.4 Å². The van der Waals surface area contributed by atoms with Gasteiger partial charge in [0.2, 0.25) is 5.28 Å². The summed E-state index contributed by atoms with van der Waals surface area (Å²) in [4.78, 5) is 9.65. The Hall–Kier alpha value is -0.520. The number of nitrogens with zero attached hydrogens (tertiary/aromatic N) is 2. The lowest BCUT2D eigenvalue weighted by Crippen LogP contribution is -2.09. The SMILES string of the molecule is CC(CO)CCCNc1nc(Cl)nc2c1SCC2. The third kappa shape index (κ3) is 3.49. The summed E-state index contributed by atoms with van der Waals surface area (Å²) in [6.07, 6.45) is 3.00. The normalized spacial score (nSPS) is 15.5. The molecule has 0 saturated heterocycles. The first-order valence-corrected chi connectivity index (χ1v) is 7.61. The lowest BCUT2D eigenvalue weighted by Gasteiger charge is -2.11.